The van der Waals surface area contributed by atoms with Crippen LogP contribution in [0.15, 0.2) is 24.3 Å². The van der Waals surface area contributed by atoms with Gasteiger partial charge in [0.2, 0.25) is 0 Å². The van der Waals surface area contributed by atoms with Crippen molar-refractivity contribution in [1.29, 1.82) is 0 Å². The number of carbonyl (C=O) groups excluding carboxylic acids is 1. The van der Waals surface area contributed by atoms with Gasteiger partial charge in [0.1, 0.15) is 0 Å². The SMILES string of the molecule is CCC(OC(=O)c1ccc(C(C)C)cc1)C(=O)O. The first-order chi connectivity index (χ1) is 8.45. The number of hydrogen-bond acceptors (Lipinski definition) is 3. The summed E-state index contributed by atoms with van der Waals surface area (Å²) in [4.78, 5) is 22.5. The Kier molecular flexibility index (Phi) is 4.89. The van der Waals surface area contributed by atoms with Crippen molar-refractivity contribution in [2.24, 2.45) is 0 Å². The van der Waals surface area contributed by atoms with Crippen LogP contribution in [0.2, 0.25) is 0 Å². The number of carboxylic acids is 1. The van der Waals surface area contributed by atoms with Crippen molar-refractivity contribution in [3.63, 3.8) is 0 Å². The minimum atomic E-state index is -1.12. The minimum absolute atomic E-state index is 0.255. The first kappa shape index (κ1) is 14.2. The Morgan fingerprint density at radius 2 is 1.78 bits per heavy atom. The van der Waals surface area contributed by atoms with E-state index in [1.165, 1.54) is 0 Å². The van der Waals surface area contributed by atoms with Crippen LogP contribution >= 0.6 is 0 Å². The van der Waals surface area contributed by atoms with E-state index in [9.17, 15) is 9.59 Å². The lowest BCUT2D eigenvalue weighted by atomic mass is 10.0. The molecule has 0 spiro atoms. The van der Waals surface area contributed by atoms with Gasteiger partial charge in [0.15, 0.2) is 6.10 Å². The maximum atomic E-state index is 11.7. The molecule has 1 N–H and O–H groups in total. The van der Waals surface area contributed by atoms with Gasteiger partial charge in [-0.2, -0.15) is 0 Å². The molecule has 1 unspecified atom stereocenters. The fourth-order valence-electron chi connectivity index (χ4n) is 1.51. The Morgan fingerprint density at radius 1 is 1.22 bits per heavy atom. The third kappa shape index (κ3) is 3.58. The molecular weight excluding hydrogens is 232 g/mol. The Labute approximate surface area is 107 Å². The van der Waals surface area contributed by atoms with Gasteiger partial charge in [-0.15, -0.1) is 0 Å². The van der Waals surface area contributed by atoms with Crippen LogP contribution in [0, 0.1) is 0 Å². The molecule has 0 saturated carbocycles. The van der Waals surface area contributed by atoms with Crippen LogP contribution in [0.5, 0.6) is 0 Å². The lowest BCUT2D eigenvalue weighted by Gasteiger charge is -2.12. The highest BCUT2D eigenvalue weighted by molar-refractivity contribution is 5.91. The van der Waals surface area contributed by atoms with Crippen LogP contribution < -0.4 is 0 Å². The van der Waals surface area contributed by atoms with E-state index in [-0.39, 0.29) is 6.42 Å². The van der Waals surface area contributed by atoms with Gasteiger partial charge < -0.3 is 9.84 Å². The van der Waals surface area contributed by atoms with Crippen molar-refractivity contribution in [2.75, 3.05) is 0 Å². The molecule has 18 heavy (non-hydrogen) atoms. The third-order valence-electron chi connectivity index (χ3n) is 2.71. The number of carbonyl (C=O) groups is 2. The number of ether oxygens (including phenoxy) is 1. The normalized spacial score (nSPS) is 12.2. The summed E-state index contributed by atoms with van der Waals surface area (Å²) in [7, 11) is 0. The Bertz CT molecular complexity index is 420. The van der Waals surface area contributed by atoms with Crippen molar-refractivity contribution in [2.45, 2.75) is 39.2 Å². The standard InChI is InChI=1S/C14H18O4/c1-4-12(13(15)16)18-14(17)11-7-5-10(6-8-11)9(2)3/h5-9,12H,4H2,1-3H3,(H,15,16). The highest BCUT2D eigenvalue weighted by atomic mass is 16.6. The molecule has 0 aliphatic heterocycles. The summed E-state index contributed by atoms with van der Waals surface area (Å²) < 4.78 is 4.91. The van der Waals surface area contributed by atoms with Gasteiger partial charge in [0, 0.05) is 0 Å². The Hall–Kier alpha value is -1.84. The van der Waals surface area contributed by atoms with Crippen LogP contribution in [0.1, 0.15) is 49.0 Å². The summed E-state index contributed by atoms with van der Waals surface area (Å²) in [5.41, 5.74) is 1.50. The Morgan fingerprint density at radius 3 is 2.17 bits per heavy atom. The van der Waals surface area contributed by atoms with Crippen molar-refractivity contribution >= 4 is 11.9 Å². The molecule has 0 aliphatic carbocycles. The summed E-state index contributed by atoms with van der Waals surface area (Å²) >= 11 is 0. The molecule has 0 aliphatic rings. The molecule has 0 fully saturated rings. The zero-order valence-corrected chi connectivity index (χ0v) is 10.8. The van der Waals surface area contributed by atoms with Gasteiger partial charge in [-0.3, -0.25) is 0 Å². The van der Waals surface area contributed by atoms with E-state index in [2.05, 4.69) is 13.8 Å². The van der Waals surface area contributed by atoms with E-state index in [1.807, 2.05) is 12.1 Å². The summed E-state index contributed by atoms with van der Waals surface area (Å²) in [6.07, 6.45) is -0.826. The van der Waals surface area contributed by atoms with Crippen LogP contribution in [-0.2, 0) is 9.53 Å². The predicted molar refractivity (Wildman–Crippen MR) is 67.7 cm³/mol. The van der Waals surface area contributed by atoms with Crippen molar-refractivity contribution in [3.05, 3.63) is 35.4 Å². The quantitative estimate of drug-likeness (QED) is 0.816. The van der Waals surface area contributed by atoms with Crippen molar-refractivity contribution in [1.82, 2.24) is 0 Å². The van der Waals surface area contributed by atoms with Crippen molar-refractivity contribution < 1.29 is 19.4 Å². The number of hydrogen-bond donors (Lipinski definition) is 1. The molecule has 0 saturated heterocycles. The number of aliphatic carboxylic acids is 1. The number of rotatable bonds is 5. The molecule has 98 valence electrons. The van der Waals surface area contributed by atoms with E-state index in [0.29, 0.717) is 11.5 Å². The summed E-state index contributed by atoms with van der Waals surface area (Å²) in [5, 5.41) is 8.81. The predicted octanol–water partition coefficient (Wildman–Crippen LogP) is 2.83. The highest BCUT2D eigenvalue weighted by Gasteiger charge is 2.20. The zero-order chi connectivity index (χ0) is 13.7. The second-order valence-corrected chi connectivity index (χ2v) is 4.42. The molecule has 0 amide bonds. The van der Waals surface area contributed by atoms with Crippen LogP contribution in [-0.4, -0.2) is 23.1 Å². The molecular formula is C14H18O4. The zero-order valence-electron chi connectivity index (χ0n) is 10.8. The van der Waals surface area contributed by atoms with Gasteiger partial charge >= 0.3 is 11.9 Å². The first-order valence-corrected chi connectivity index (χ1v) is 5.99. The lowest BCUT2D eigenvalue weighted by Crippen LogP contribution is -2.26. The molecule has 1 rings (SSSR count). The topological polar surface area (TPSA) is 63.6 Å². The summed E-state index contributed by atoms with van der Waals surface area (Å²) in [6, 6.07) is 7.02. The fraction of sp³-hybridized carbons (Fsp3) is 0.429. The van der Waals surface area contributed by atoms with Crippen LogP contribution in [0.25, 0.3) is 0 Å². The number of benzene rings is 1. The molecule has 1 aromatic rings. The smallest absolute Gasteiger partial charge is 0.345 e. The Balaban J connectivity index is 2.75. The number of esters is 1. The molecule has 4 nitrogen and oxygen atoms in total. The third-order valence-corrected chi connectivity index (χ3v) is 2.71. The molecule has 1 atom stereocenters. The monoisotopic (exact) mass is 250 g/mol. The molecule has 1 aromatic carbocycles. The van der Waals surface area contributed by atoms with Crippen molar-refractivity contribution in [3.8, 4) is 0 Å². The molecule has 0 aromatic heterocycles. The molecule has 0 bridgehead atoms. The van der Waals surface area contributed by atoms with Gasteiger partial charge in [0.05, 0.1) is 5.56 Å². The van der Waals surface area contributed by atoms with Crippen LogP contribution in [0.4, 0.5) is 0 Å². The summed E-state index contributed by atoms with van der Waals surface area (Å²) in [5.74, 6) is -1.33. The van der Waals surface area contributed by atoms with Gasteiger partial charge in [-0.25, -0.2) is 9.59 Å². The van der Waals surface area contributed by atoms with E-state index < -0.39 is 18.0 Å². The van der Waals surface area contributed by atoms with E-state index in [4.69, 9.17) is 9.84 Å². The van der Waals surface area contributed by atoms with Gasteiger partial charge in [-0.05, 0) is 30.0 Å². The highest BCUT2D eigenvalue weighted by Crippen LogP contribution is 2.15. The minimum Gasteiger partial charge on any atom is -0.479 e. The van der Waals surface area contributed by atoms with Crippen LogP contribution in [0.3, 0.4) is 0 Å². The maximum absolute atomic E-state index is 11.7. The van der Waals surface area contributed by atoms with E-state index in [0.717, 1.165) is 5.56 Å². The average Bonchev–Trinajstić information content (AvgIpc) is 2.35. The van der Waals surface area contributed by atoms with E-state index >= 15 is 0 Å². The first-order valence-electron chi connectivity index (χ1n) is 5.99. The molecule has 0 heterocycles. The van der Waals surface area contributed by atoms with Gasteiger partial charge in [0.25, 0.3) is 0 Å². The molecule has 4 heteroatoms. The second kappa shape index (κ2) is 6.19. The lowest BCUT2D eigenvalue weighted by molar-refractivity contribution is -0.147. The number of carboxylic acid groups (broad SMARTS) is 1. The fourth-order valence-corrected chi connectivity index (χ4v) is 1.51. The largest absolute Gasteiger partial charge is 0.479 e. The average molecular weight is 250 g/mol. The maximum Gasteiger partial charge on any atom is 0.345 e. The van der Waals surface area contributed by atoms with E-state index in [1.54, 1.807) is 19.1 Å². The molecule has 0 radical (unpaired) electrons. The summed E-state index contributed by atoms with van der Waals surface area (Å²) in [6.45, 7) is 5.78. The second-order valence-electron chi connectivity index (χ2n) is 4.42. The van der Waals surface area contributed by atoms with Gasteiger partial charge in [-0.1, -0.05) is 32.9 Å².